The highest BCUT2D eigenvalue weighted by atomic mass is 16.4. The molecule has 0 spiro atoms. The maximum atomic E-state index is 8.73. The number of hydrogen-bond acceptors (Lipinski definition) is 5. The number of nitrogens with zero attached hydrogens (tertiary/aromatic N) is 3. The average molecular weight is 303 g/mol. The van der Waals surface area contributed by atoms with Crippen LogP contribution in [0.4, 0.5) is 5.82 Å². The van der Waals surface area contributed by atoms with Gasteiger partial charge < -0.3 is 16.7 Å². The quantitative estimate of drug-likeness (QED) is 0.208. The van der Waals surface area contributed by atoms with E-state index in [4.69, 9.17) is 16.7 Å². The summed E-state index contributed by atoms with van der Waals surface area (Å²) in [6.45, 7) is 0. The van der Waals surface area contributed by atoms with Crippen molar-refractivity contribution < 1.29 is 5.21 Å². The molecule has 0 unspecified atom stereocenters. The molecule has 0 saturated carbocycles. The van der Waals surface area contributed by atoms with E-state index in [1.165, 1.54) is 0 Å². The highest BCUT2D eigenvalue weighted by Crippen LogP contribution is 2.19. The molecule has 0 amide bonds. The van der Waals surface area contributed by atoms with Crippen molar-refractivity contribution in [2.75, 3.05) is 5.73 Å². The van der Waals surface area contributed by atoms with Gasteiger partial charge in [-0.2, -0.15) is 0 Å². The monoisotopic (exact) mass is 303 g/mol. The Balaban J connectivity index is 2.05. The zero-order valence-electron chi connectivity index (χ0n) is 12.1. The Labute approximate surface area is 132 Å². The highest BCUT2D eigenvalue weighted by molar-refractivity contribution is 5.97. The zero-order chi connectivity index (χ0) is 16.2. The molecule has 0 bridgehead atoms. The molecular weight excluding hydrogens is 290 g/mol. The molecule has 3 aromatic rings. The molecule has 5 N–H and O–H groups in total. The number of anilines is 1. The van der Waals surface area contributed by atoms with Crippen LogP contribution in [0.25, 0.3) is 10.9 Å². The Bertz CT molecular complexity index is 969. The van der Waals surface area contributed by atoms with Crippen LogP contribution in [0, 0.1) is 11.8 Å². The van der Waals surface area contributed by atoms with Gasteiger partial charge in [0.25, 0.3) is 0 Å². The first-order chi connectivity index (χ1) is 11.2. The Morgan fingerprint density at radius 2 is 2.00 bits per heavy atom. The van der Waals surface area contributed by atoms with Crippen LogP contribution in [-0.4, -0.2) is 21.0 Å². The minimum atomic E-state index is 0.0393. The maximum absolute atomic E-state index is 8.73. The van der Waals surface area contributed by atoms with Crippen LogP contribution >= 0.6 is 0 Å². The van der Waals surface area contributed by atoms with Crippen LogP contribution in [0.3, 0.4) is 0 Å². The van der Waals surface area contributed by atoms with E-state index in [0.717, 1.165) is 16.5 Å². The Hall–Kier alpha value is -3.59. The van der Waals surface area contributed by atoms with Crippen LogP contribution in [0.1, 0.15) is 16.7 Å². The molecular formula is C17H13N5O. The van der Waals surface area contributed by atoms with Crippen molar-refractivity contribution in [2.45, 2.75) is 0 Å². The number of aromatic nitrogens is 2. The average Bonchev–Trinajstić information content (AvgIpc) is 2.61. The smallest absolute Gasteiger partial charge is 0.170 e. The molecule has 0 fully saturated rings. The summed E-state index contributed by atoms with van der Waals surface area (Å²) in [5.74, 6) is 6.52. The van der Waals surface area contributed by atoms with Crippen molar-refractivity contribution in [3.05, 3.63) is 65.5 Å². The summed E-state index contributed by atoms with van der Waals surface area (Å²) < 4.78 is 0. The minimum absolute atomic E-state index is 0.0393. The molecule has 0 aliphatic carbocycles. The van der Waals surface area contributed by atoms with Gasteiger partial charge in [0.2, 0.25) is 0 Å². The summed E-state index contributed by atoms with van der Waals surface area (Å²) in [5, 5.41) is 12.6. The molecule has 0 radical (unpaired) electrons. The lowest BCUT2D eigenvalue weighted by Crippen LogP contribution is -2.12. The molecule has 1 aromatic carbocycles. The van der Waals surface area contributed by atoms with Crippen molar-refractivity contribution in [2.24, 2.45) is 10.9 Å². The van der Waals surface area contributed by atoms with E-state index in [-0.39, 0.29) is 5.84 Å². The second-order valence-corrected chi connectivity index (χ2v) is 4.77. The van der Waals surface area contributed by atoms with Crippen molar-refractivity contribution >= 4 is 22.6 Å². The topological polar surface area (TPSA) is 110 Å². The molecule has 0 atom stereocenters. The number of amidine groups is 1. The molecule has 3 rings (SSSR count). The van der Waals surface area contributed by atoms with Crippen LogP contribution in [0.15, 0.2) is 53.9 Å². The second-order valence-electron chi connectivity index (χ2n) is 4.77. The molecule has 2 aromatic heterocycles. The number of hydrogen-bond donors (Lipinski definition) is 3. The van der Waals surface area contributed by atoms with E-state index in [1.807, 2.05) is 18.2 Å². The first-order valence-electron chi connectivity index (χ1n) is 6.78. The number of fused-ring (bicyclic) bond motifs is 1. The van der Waals surface area contributed by atoms with Crippen LogP contribution in [0.2, 0.25) is 0 Å². The van der Waals surface area contributed by atoms with E-state index in [2.05, 4.69) is 27.0 Å². The van der Waals surface area contributed by atoms with Crippen molar-refractivity contribution in [1.82, 2.24) is 9.97 Å². The minimum Gasteiger partial charge on any atom is -0.409 e. The first-order valence-corrected chi connectivity index (χ1v) is 6.78. The van der Waals surface area contributed by atoms with Crippen molar-refractivity contribution in [3.63, 3.8) is 0 Å². The summed E-state index contributed by atoms with van der Waals surface area (Å²) >= 11 is 0. The Morgan fingerprint density at radius 1 is 1.13 bits per heavy atom. The molecule has 112 valence electrons. The molecule has 0 aliphatic heterocycles. The van der Waals surface area contributed by atoms with Crippen molar-refractivity contribution in [1.29, 1.82) is 0 Å². The van der Waals surface area contributed by atoms with Gasteiger partial charge in [-0.3, -0.25) is 4.98 Å². The molecule has 6 heteroatoms. The lowest BCUT2D eigenvalue weighted by molar-refractivity contribution is 0.318. The third kappa shape index (κ3) is 2.89. The standard InChI is InChI=1S/C17H13N5O/c18-16(22-23)12-4-1-3-11(9-12)6-7-13-10-21-17(19)15-14(13)5-2-8-20-15/h1-5,8-10,23H,(H2,18,22)(H2,19,21). The van der Waals surface area contributed by atoms with Gasteiger partial charge in [-0.15, -0.1) is 0 Å². The van der Waals surface area contributed by atoms with Gasteiger partial charge in [-0.1, -0.05) is 29.1 Å². The first kappa shape index (κ1) is 14.4. The van der Waals surface area contributed by atoms with Gasteiger partial charge in [0.05, 0.1) is 5.56 Å². The number of nitrogen functional groups attached to an aromatic ring is 1. The molecule has 6 nitrogen and oxygen atoms in total. The SMILES string of the molecule is N/C(=N\O)c1cccc(C#Cc2cnc(N)c3ncccc23)c1. The fraction of sp³-hybridized carbons (Fsp3) is 0. The van der Waals surface area contributed by atoms with E-state index in [0.29, 0.717) is 16.9 Å². The van der Waals surface area contributed by atoms with Crippen molar-refractivity contribution in [3.8, 4) is 11.8 Å². The third-order valence-corrected chi connectivity index (χ3v) is 3.28. The number of nitrogens with two attached hydrogens (primary N) is 2. The Morgan fingerprint density at radius 3 is 2.83 bits per heavy atom. The molecule has 0 saturated heterocycles. The normalized spacial score (nSPS) is 11.0. The fourth-order valence-electron chi connectivity index (χ4n) is 2.14. The predicted octanol–water partition coefficient (Wildman–Crippen LogP) is 1.71. The largest absolute Gasteiger partial charge is 0.409 e. The lowest BCUT2D eigenvalue weighted by atomic mass is 10.1. The zero-order valence-corrected chi connectivity index (χ0v) is 12.1. The summed E-state index contributed by atoms with van der Waals surface area (Å²) in [5.41, 5.74) is 14.1. The van der Waals surface area contributed by atoms with Gasteiger partial charge in [0.1, 0.15) is 11.3 Å². The van der Waals surface area contributed by atoms with E-state index in [9.17, 15) is 0 Å². The van der Waals surface area contributed by atoms with Gasteiger partial charge >= 0.3 is 0 Å². The summed E-state index contributed by atoms with van der Waals surface area (Å²) in [6.07, 6.45) is 3.29. The van der Waals surface area contributed by atoms with Gasteiger partial charge in [-0.05, 0) is 24.3 Å². The highest BCUT2D eigenvalue weighted by Gasteiger charge is 2.04. The third-order valence-electron chi connectivity index (χ3n) is 3.28. The number of rotatable bonds is 1. The van der Waals surface area contributed by atoms with E-state index < -0.39 is 0 Å². The number of pyridine rings is 2. The maximum Gasteiger partial charge on any atom is 0.170 e. The summed E-state index contributed by atoms with van der Waals surface area (Å²) in [4.78, 5) is 8.35. The molecule has 2 heterocycles. The van der Waals surface area contributed by atoms with Crippen LogP contribution in [-0.2, 0) is 0 Å². The summed E-state index contributed by atoms with van der Waals surface area (Å²) in [7, 11) is 0. The van der Waals surface area contributed by atoms with Gasteiger partial charge in [0, 0.05) is 28.9 Å². The Kier molecular flexibility index (Phi) is 3.77. The van der Waals surface area contributed by atoms with Crippen LogP contribution in [0.5, 0.6) is 0 Å². The van der Waals surface area contributed by atoms with E-state index in [1.54, 1.807) is 30.6 Å². The fourth-order valence-corrected chi connectivity index (χ4v) is 2.14. The second kappa shape index (κ2) is 6.03. The number of benzene rings is 1. The summed E-state index contributed by atoms with van der Waals surface area (Å²) in [6, 6.07) is 10.8. The van der Waals surface area contributed by atoms with E-state index >= 15 is 0 Å². The van der Waals surface area contributed by atoms with Crippen LogP contribution < -0.4 is 11.5 Å². The lowest BCUT2D eigenvalue weighted by Gasteiger charge is -2.02. The van der Waals surface area contributed by atoms with Gasteiger partial charge in [0.15, 0.2) is 5.84 Å². The van der Waals surface area contributed by atoms with Gasteiger partial charge in [-0.25, -0.2) is 4.98 Å². The number of oxime groups is 1. The predicted molar refractivity (Wildman–Crippen MR) is 88.9 cm³/mol. The molecule has 0 aliphatic rings. The molecule has 23 heavy (non-hydrogen) atoms.